The fraction of sp³-hybridized carbons (Fsp3) is 0.269. The molecule has 0 aliphatic rings. The van der Waals surface area contributed by atoms with Gasteiger partial charge < -0.3 is 19.3 Å². The summed E-state index contributed by atoms with van der Waals surface area (Å²) in [7, 11) is 0. The Hall–Kier alpha value is -3.86. The van der Waals surface area contributed by atoms with Crippen molar-refractivity contribution in [3.05, 3.63) is 82.7 Å². The van der Waals surface area contributed by atoms with Crippen LogP contribution in [0.1, 0.15) is 30.5 Å². The van der Waals surface area contributed by atoms with E-state index in [1.807, 2.05) is 34.5 Å². The molecule has 4 aromatic rings. The van der Waals surface area contributed by atoms with E-state index in [4.69, 9.17) is 9.26 Å². The van der Waals surface area contributed by atoms with Crippen molar-refractivity contribution in [3.63, 3.8) is 0 Å². The molecule has 7 nitrogen and oxygen atoms in total. The molecular formula is C26H24F3N3O4S. The molecule has 0 aliphatic carbocycles. The Morgan fingerprint density at radius 2 is 1.73 bits per heavy atom. The molecule has 1 N–H and O–H groups in total. The number of aromatic nitrogens is 2. The first kappa shape index (κ1) is 26.2. The SMILES string of the molecule is CC(C)(Oc1ccc(CCN(Cc2ccc(C(F)(F)F)cc2)c2noc(-c3cccs3)n2)cc1)C(=O)O. The average molecular weight is 532 g/mol. The molecule has 0 atom stereocenters. The summed E-state index contributed by atoms with van der Waals surface area (Å²) >= 11 is 1.46. The summed E-state index contributed by atoms with van der Waals surface area (Å²) in [6.45, 7) is 3.66. The van der Waals surface area contributed by atoms with Crippen molar-refractivity contribution in [1.82, 2.24) is 10.1 Å². The largest absolute Gasteiger partial charge is 0.478 e. The molecule has 2 aromatic carbocycles. The van der Waals surface area contributed by atoms with Gasteiger partial charge in [0.25, 0.3) is 11.8 Å². The molecule has 37 heavy (non-hydrogen) atoms. The van der Waals surface area contributed by atoms with E-state index in [9.17, 15) is 23.1 Å². The minimum atomic E-state index is -4.41. The summed E-state index contributed by atoms with van der Waals surface area (Å²) in [4.78, 5) is 18.4. The Balaban J connectivity index is 1.50. The molecule has 0 bridgehead atoms. The van der Waals surface area contributed by atoms with E-state index in [-0.39, 0.29) is 6.54 Å². The van der Waals surface area contributed by atoms with E-state index < -0.39 is 23.3 Å². The number of benzene rings is 2. The number of aliphatic carboxylic acids is 1. The Bertz CT molecular complexity index is 1320. The second kappa shape index (κ2) is 10.6. The van der Waals surface area contributed by atoms with E-state index in [1.54, 1.807) is 12.1 Å². The van der Waals surface area contributed by atoms with E-state index in [1.165, 1.54) is 37.3 Å². The lowest BCUT2D eigenvalue weighted by Gasteiger charge is -2.22. The van der Waals surface area contributed by atoms with Gasteiger partial charge in [0, 0.05) is 13.1 Å². The highest BCUT2D eigenvalue weighted by atomic mass is 32.1. The maximum Gasteiger partial charge on any atom is 0.416 e. The number of halogens is 3. The quantitative estimate of drug-likeness (QED) is 0.257. The number of anilines is 1. The average Bonchev–Trinajstić information content (AvgIpc) is 3.54. The standard InChI is InChI=1S/C26H24F3N3O4S/c1-25(2,23(33)34)35-20-11-7-17(8-12-20)13-14-32(16-18-5-9-19(10-6-18)26(27,28)29)24-30-22(36-31-24)21-4-3-15-37-21/h3-12,15H,13-14,16H2,1-2H3,(H,33,34). The Morgan fingerprint density at radius 3 is 2.32 bits per heavy atom. The number of nitrogens with zero attached hydrogens (tertiary/aromatic N) is 3. The fourth-order valence-electron chi connectivity index (χ4n) is 3.44. The Kier molecular flexibility index (Phi) is 7.53. The zero-order valence-electron chi connectivity index (χ0n) is 20.0. The van der Waals surface area contributed by atoms with Crippen molar-refractivity contribution in [2.75, 3.05) is 11.4 Å². The first-order valence-corrected chi connectivity index (χ1v) is 12.2. The molecule has 0 saturated carbocycles. The lowest BCUT2D eigenvalue weighted by atomic mass is 10.1. The molecule has 194 valence electrons. The molecule has 0 fully saturated rings. The van der Waals surface area contributed by atoms with Gasteiger partial charge in [-0.05, 0) is 72.3 Å². The van der Waals surface area contributed by atoms with Crippen molar-refractivity contribution < 1.29 is 32.3 Å². The minimum Gasteiger partial charge on any atom is -0.478 e. The number of carboxylic acid groups (broad SMARTS) is 1. The highest BCUT2D eigenvalue weighted by Gasteiger charge is 2.30. The lowest BCUT2D eigenvalue weighted by molar-refractivity contribution is -0.152. The normalized spacial score (nSPS) is 11.9. The molecule has 0 aliphatic heterocycles. The Morgan fingerprint density at radius 1 is 1.05 bits per heavy atom. The van der Waals surface area contributed by atoms with Gasteiger partial charge in [0.05, 0.1) is 10.4 Å². The summed E-state index contributed by atoms with van der Waals surface area (Å²) in [5.74, 6) is 0.0467. The van der Waals surface area contributed by atoms with Gasteiger partial charge in [-0.15, -0.1) is 11.3 Å². The molecule has 0 radical (unpaired) electrons. The molecule has 0 spiro atoms. The van der Waals surface area contributed by atoms with Crippen molar-refractivity contribution in [3.8, 4) is 16.5 Å². The minimum absolute atomic E-state index is 0.273. The second-order valence-corrected chi connectivity index (χ2v) is 9.75. The molecule has 0 amide bonds. The first-order chi connectivity index (χ1) is 17.5. The van der Waals surface area contributed by atoms with Crippen LogP contribution in [-0.2, 0) is 23.9 Å². The van der Waals surface area contributed by atoms with Crippen LogP contribution in [0.3, 0.4) is 0 Å². The summed E-state index contributed by atoms with van der Waals surface area (Å²) in [5, 5.41) is 15.2. The lowest BCUT2D eigenvalue weighted by Crippen LogP contribution is -2.37. The molecule has 11 heteroatoms. The highest BCUT2D eigenvalue weighted by molar-refractivity contribution is 7.13. The number of hydrogen-bond donors (Lipinski definition) is 1. The molecular weight excluding hydrogens is 507 g/mol. The van der Waals surface area contributed by atoms with E-state index in [0.717, 1.165) is 22.6 Å². The van der Waals surface area contributed by atoms with Crippen LogP contribution in [-0.4, -0.2) is 33.4 Å². The van der Waals surface area contributed by atoms with E-state index in [2.05, 4.69) is 10.1 Å². The predicted octanol–water partition coefficient (Wildman–Crippen LogP) is 6.31. The van der Waals surface area contributed by atoms with Crippen LogP contribution in [0.5, 0.6) is 5.75 Å². The number of carboxylic acids is 1. The summed E-state index contributed by atoms with van der Waals surface area (Å²) in [6.07, 6.45) is -3.84. The molecule has 0 saturated heterocycles. The van der Waals surface area contributed by atoms with Crippen molar-refractivity contribution in [2.45, 2.75) is 38.6 Å². The highest BCUT2D eigenvalue weighted by Crippen LogP contribution is 2.30. The first-order valence-electron chi connectivity index (χ1n) is 11.3. The molecule has 2 aromatic heterocycles. The van der Waals surface area contributed by atoms with E-state index >= 15 is 0 Å². The van der Waals surface area contributed by atoms with Crippen molar-refractivity contribution >= 4 is 23.3 Å². The summed E-state index contributed by atoms with van der Waals surface area (Å²) < 4.78 is 49.9. The van der Waals surface area contributed by atoms with Gasteiger partial charge in [0.15, 0.2) is 5.60 Å². The van der Waals surface area contributed by atoms with Crippen molar-refractivity contribution in [2.24, 2.45) is 0 Å². The number of carbonyl (C=O) groups is 1. The third-order valence-electron chi connectivity index (χ3n) is 5.57. The van der Waals surface area contributed by atoms with Gasteiger partial charge in [-0.3, -0.25) is 0 Å². The van der Waals surface area contributed by atoms with Crippen LogP contribution in [0.25, 0.3) is 10.8 Å². The number of thiophene rings is 1. The molecule has 4 rings (SSSR count). The number of hydrogen-bond acceptors (Lipinski definition) is 7. The van der Waals surface area contributed by atoms with Gasteiger partial charge in [0.1, 0.15) is 5.75 Å². The van der Waals surface area contributed by atoms with Gasteiger partial charge in [0.2, 0.25) is 0 Å². The third kappa shape index (κ3) is 6.67. The van der Waals surface area contributed by atoms with Gasteiger partial charge >= 0.3 is 12.1 Å². The van der Waals surface area contributed by atoms with Crippen LogP contribution >= 0.6 is 11.3 Å². The Labute approximate surface area is 215 Å². The number of ether oxygens (including phenoxy) is 1. The van der Waals surface area contributed by atoms with Gasteiger partial charge in [-0.25, -0.2) is 4.79 Å². The topological polar surface area (TPSA) is 88.7 Å². The number of alkyl halides is 3. The van der Waals surface area contributed by atoms with Crippen LogP contribution in [0.15, 0.2) is 70.6 Å². The van der Waals surface area contributed by atoms with Crippen LogP contribution in [0.4, 0.5) is 19.1 Å². The monoisotopic (exact) mass is 531 g/mol. The molecule has 0 unspecified atom stereocenters. The smallest absolute Gasteiger partial charge is 0.416 e. The maximum atomic E-state index is 13.0. The zero-order valence-corrected chi connectivity index (χ0v) is 20.8. The van der Waals surface area contributed by atoms with Crippen molar-refractivity contribution in [1.29, 1.82) is 0 Å². The van der Waals surface area contributed by atoms with Gasteiger partial charge in [-0.2, -0.15) is 18.2 Å². The summed E-state index contributed by atoms with van der Waals surface area (Å²) in [6, 6.07) is 15.8. The van der Waals surface area contributed by atoms with Crippen LogP contribution in [0, 0.1) is 0 Å². The number of rotatable bonds is 10. The van der Waals surface area contributed by atoms with Crippen LogP contribution < -0.4 is 9.64 Å². The summed E-state index contributed by atoms with van der Waals surface area (Å²) in [5.41, 5.74) is -0.468. The maximum absolute atomic E-state index is 13.0. The second-order valence-electron chi connectivity index (χ2n) is 8.80. The van der Waals surface area contributed by atoms with E-state index in [0.29, 0.717) is 36.1 Å². The third-order valence-corrected chi connectivity index (χ3v) is 6.42. The molecule has 2 heterocycles. The van der Waals surface area contributed by atoms with Gasteiger partial charge in [-0.1, -0.05) is 30.3 Å². The zero-order chi connectivity index (χ0) is 26.6. The fourth-order valence-corrected chi connectivity index (χ4v) is 4.08. The van der Waals surface area contributed by atoms with Crippen LogP contribution in [0.2, 0.25) is 0 Å². The predicted molar refractivity (Wildman–Crippen MR) is 133 cm³/mol.